The highest BCUT2D eigenvalue weighted by atomic mass is 35.5. The summed E-state index contributed by atoms with van der Waals surface area (Å²) in [6, 6.07) is -0.408. The Labute approximate surface area is 96.9 Å². The second kappa shape index (κ2) is 4.45. The van der Waals surface area contributed by atoms with Gasteiger partial charge in [-0.05, 0) is 0 Å². The molecule has 0 spiro atoms. The summed E-state index contributed by atoms with van der Waals surface area (Å²) in [6.07, 6.45) is 0. The molecule has 1 amide bonds. The summed E-state index contributed by atoms with van der Waals surface area (Å²) in [4.78, 5) is 12.2. The Morgan fingerprint density at radius 2 is 2.00 bits per heavy atom. The van der Waals surface area contributed by atoms with E-state index in [2.05, 4.69) is 12.6 Å². The standard InChI is InChI=1S/C6H9Cl3N2OS/c7-2-1-11(6(12)13)5(9)3(8)4(2)10/h2-5H,1,10H2,(H,12,13). The van der Waals surface area contributed by atoms with Crippen molar-refractivity contribution < 1.29 is 4.79 Å². The number of hydrogen-bond acceptors (Lipinski definition) is 2. The summed E-state index contributed by atoms with van der Waals surface area (Å²) in [5.41, 5.74) is 5.02. The number of hydrogen-bond donors (Lipinski definition) is 2. The first-order valence-electron chi connectivity index (χ1n) is 3.62. The summed E-state index contributed by atoms with van der Waals surface area (Å²) in [6.45, 7) is 0.280. The SMILES string of the molecule is NC1C(Cl)CN(C(=O)S)C(Cl)C1Cl. The number of thiol groups is 1. The van der Waals surface area contributed by atoms with Crippen LogP contribution in [0.4, 0.5) is 4.79 Å². The summed E-state index contributed by atoms with van der Waals surface area (Å²) in [5.74, 6) is 0. The molecule has 1 fully saturated rings. The second-order valence-corrected chi connectivity index (χ2v) is 4.74. The molecule has 1 aliphatic rings. The van der Waals surface area contributed by atoms with Crippen LogP contribution in [0.5, 0.6) is 0 Å². The molecule has 0 aromatic carbocycles. The van der Waals surface area contributed by atoms with Gasteiger partial charge in [0.1, 0.15) is 5.50 Å². The van der Waals surface area contributed by atoms with Crippen LogP contribution in [0.3, 0.4) is 0 Å². The van der Waals surface area contributed by atoms with Crippen LogP contribution in [0.1, 0.15) is 0 Å². The molecule has 1 aliphatic heterocycles. The molecule has 2 N–H and O–H groups in total. The zero-order chi connectivity index (χ0) is 10.2. The molecule has 76 valence electrons. The first-order chi connectivity index (χ1) is 5.95. The van der Waals surface area contributed by atoms with Crippen molar-refractivity contribution in [2.45, 2.75) is 22.3 Å². The van der Waals surface area contributed by atoms with E-state index in [-0.39, 0.29) is 11.9 Å². The summed E-state index contributed by atoms with van der Waals surface area (Å²) < 4.78 is 0. The fraction of sp³-hybridized carbons (Fsp3) is 0.833. The van der Waals surface area contributed by atoms with Crippen molar-refractivity contribution in [3.8, 4) is 0 Å². The maximum atomic E-state index is 11.0. The number of alkyl halides is 3. The highest BCUT2D eigenvalue weighted by Crippen LogP contribution is 2.28. The number of nitrogens with zero attached hydrogens (tertiary/aromatic N) is 1. The Bertz CT molecular complexity index is 218. The molecule has 0 aromatic heterocycles. The van der Waals surface area contributed by atoms with Gasteiger partial charge in [-0.15, -0.1) is 23.2 Å². The van der Waals surface area contributed by atoms with E-state index in [1.165, 1.54) is 4.90 Å². The van der Waals surface area contributed by atoms with Gasteiger partial charge in [-0.3, -0.25) is 4.79 Å². The highest BCUT2D eigenvalue weighted by molar-refractivity contribution is 7.96. The molecule has 1 heterocycles. The third kappa shape index (κ3) is 2.36. The molecule has 0 aliphatic carbocycles. The van der Waals surface area contributed by atoms with Gasteiger partial charge >= 0.3 is 0 Å². The molecule has 1 rings (SSSR count). The summed E-state index contributed by atoms with van der Waals surface area (Å²) >= 11 is 21.3. The number of nitrogens with two attached hydrogens (primary N) is 1. The predicted molar refractivity (Wildman–Crippen MR) is 58.0 cm³/mol. The van der Waals surface area contributed by atoms with E-state index in [4.69, 9.17) is 40.5 Å². The Hall–Kier alpha value is 0.650. The average molecular weight is 264 g/mol. The molecule has 7 heteroatoms. The molecule has 4 unspecified atom stereocenters. The minimum atomic E-state index is -0.642. The van der Waals surface area contributed by atoms with Crippen molar-refractivity contribution in [1.82, 2.24) is 4.90 Å². The largest absolute Gasteiger partial charge is 0.325 e. The van der Waals surface area contributed by atoms with Crippen molar-refractivity contribution in [2.75, 3.05) is 6.54 Å². The number of piperidine rings is 1. The Morgan fingerprint density at radius 1 is 1.46 bits per heavy atom. The van der Waals surface area contributed by atoms with Crippen LogP contribution in [-0.4, -0.2) is 39.0 Å². The minimum Gasteiger partial charge on any atom is -0.325 e. The lowest BCUT2D eigenvalue weighted by Crippen LogP contribution is -2.59. The second-order valence-electron chi connectivity index (χ2n) is 2.85. The molecule has 0 saturated carbocycles. The number of carbonyl (C=O) groups is 1. The van der Waals surface area contributed by atoms with Gasteiger partial charge in [0.15, 0.2) is 0 Å². The predicted octanol–water partition coefficient (Wildman–Crippen LogP) is 1.46. The molecular weight excluding hydrogens is 255 g/mol. The smallest absolute Gasteiger partial charge is 0.279 e. The lowest BCUT2D eigenvalue weighted by molar-refractivity contribution is 0.198. The van der Waals surface area contributed by atoms with Gasteiger partial charge in [-0.2, -0.15) is 0 Å². The third-order valence-corrected chi connectivity index (χ3v) is 3.81. The molecule has 0 aromatic rings. The van der Waals surface area contributed by atoms with Gasteiger partial charge < -0.3 is 10.6 Å². The van der Waals surface area contributed by atoms with Gasteiger partial charge in [0.05, 0.1) is 10.8 Å². The van der Waals surface area contributed by atoms with E-state index in [0.717, 1.165) is 0 Å². The third-order valence-electron chi connectivity index (χ3n) is 1.96. The summed E-state index contributed by atoms with van der Waals surface area (Å²) in [7, 11) is 0. The van der Waals surface area contributed by atoms with Gasteiger partial charge in [-0.25, -0.2) is 0 Å². The van der Waals surface area contributed by atoms with Crippen LogP contribution in [-0.2, 0) is 0 Å². The number of likely N-dealkylation sites (tertiary alicyclic amines) is 1. The topological polar surface area (TPSA) is 46.3 Å². The van der Waals surface area contributed by atoms with E-state index in [1.54, 1.807) is 0 Å². The van der Waals surface area contributed by atoms with Gasteiger partial charge in [-0.1, -0.05) is 24.2 Å². The monoisotopic (exact) mass is 262 g/mol. The maximum Gasteiger partial charge on any atom is 0.279 e. The lowest BCUT2D eigenvalue weighted by atomic mass is 10.1. The van der Waals surface area contributed by atoms with Crippen molar-refractivity contribution >= 4 is 52.7 Å². The highest BCUT2D eigenvalue weighted by Gasteiger charge is 2.40. The maximum absolute atomic E-state index is 11.0. The van der Waals surface area contributed by atoms with Crippen LogP contribution in [0, 0.1) is 0 Å². The molecule has 0 radical (unpaired) electrons. The zero-order valence-corrected chi connectivity index (χ0v) is 9.69. The number of halogens is 3. The lowest BCUT2D eigenvalue weighted by Gasteiger charge is -2.40. The number of carbonyl (C=O) groups excluding carboxylic acids is 1. The molecule has 0 bridgehead atoms. The van der Waals surface area contributed by atoms with Crippen LogP contribution in [0.25, 0.3) is 0 Å². The van der Waals surface area contributed by atoms with E-state index in [0.29, 0.717) is 0 Å². The van der Waals surface area contributed by atoms with Crippen LogP contribution in [0.15, 0.2) is 0 Å². The van der Waals surface area contributed by atoms with Crippen molar-refractivity contribution in [2.24, 2.45) is 5.73 Å². The van der Waals surface area contributed by atoms with Crippen LogP contribution < -0.4 is 5.73 Å². The Morgan fingerprint density at radius 3 is 2.46 bits per heavy atom. The van der Waals surface area contributed by atoms with Crippen molar-refractivity contribution in [3.63, 3.8) is 0 Å². The van der Waals surface area contributed by atoms with Gasteiger partial charge in [0, 0.05) is 12.6 Å². The van der Waals surface area contributed by atoms with E-state index >= 15 is 0 Å². The van der Waals surface area contributed by atoms with Crippen molar-refractivity contribution in [3.05, 3.63) is 0 Å². The first kappa shape index (κ1) is 11.7. The molecule has 13 heavy (non-hydrogen) atoms. The fourth-order valence-corrected chi connectivity index (χ4v) is 2.45. The molecule has 4 atom stereocenters. The minimum absolute atomic E-state index is 0.280. The van der Waals surface area contributed by atoms with Crippen LogP contribution >= 0.6 is 47.4 Å². The Balaban J connectivity index is 2.76. The van der Waals surface area contributed by atoms with Crippen LogP contribution in [0.2, 0.25) is 0 Å². The van der Waals surface area contributed by atoms with Gasteiger partial charge in [0.25, 0.3) is 5.24 Å². The quantitative estimate of drug-likeness (QED) is 0.395. The van der Waals surface area contributed by atoms with E-state index in [1.807, 2.05) is 0 Å². The average Bonchev–Trinajstić information content (AvgIpc) is 2.07. The first-order valence-corrected chi connectivity index (χ1v) is 5.38. The summed E-state index contributed by atoms with van der Waals surface area (Å²) in [5, 5.41) is -1.37. The number of amides is 1. The van der Waals surface area contributed by atoms with E-state index in [9.17, 15) is 4.79 Å². The molecule has 3 nitrogen and oxygen atoms in total. The van der Waals surface area contributed by atoms with E-state index < -0.39 is 22.2 Å². The molecule has 1 saturated heterocycles. The number of rotatable bonds is 0. The zero-order valence-electron chi connectivity index (χ0n) is 6.53. The normalized spacial score (nSPS) is 40.5. The van der Waals surface area contributed by atoms with Gasteiger partial charge in [0.2, 0.25) is 0 Å². The fourth-order valence-electron chi connectivity index (χ4n) is 1.15. The molecular formula is C6H9Cl3N2OS. The Kier molecular flexibility index (Phi) is 4.01. The van der Waals surface area contributed by atoms with Crippen molar-refractivity contribution in [1.29, 1.82) is 0 Å².